The fraction of sp³-hybridized carbons (Fsp3) is 0.643. The summed E-state index contributed by atoms with van der Waals surface area (Å²) in [5.74, 6) is 1.77. The van der Waals surface area contributed by atoms with Gasteiger partial charge in [0.1, 0.15) is 11.9 Å². The van der Waals surface area contributed by atoms with Crippen molar-refractivity contribution in [1.82, 2.24) is 30.6 Å². The van der Waals surface area contributed by atoms with Gasteiger partial charge in [0.2, 0.25) is 11.8 Å². The molecule has 1 saturated heterocycles. The van der Waals surface area contributed by atoms with E-state index in [1.54, 1.807) is 0 Å². The van der Waals surface area contributed by atoms with Crippen LogP contribution in [-0.2, 0) is 11.2 Å². The van der Waals surface area contributed by atoms with Gasteiger partial charge in [0.05, 0.1) is 13.2 Å². The average Bonchev–Trinajstić information content (AvgIpc) is 3.08. The van der Waals surface area contributed by atoms with E-state index in [0.29, 0.717) is 24.9 Å². The molecule has 0 amide bonds. The van der Waals surface area contributed by atoms with E-state index < -0.39 is 0 Å². The van der Waals surface area contributed by atoms with Crippen molar-refractivity contribution < 1.29 is 4.74 Å². The smallest absolute Gasteiger partial charge is 0.222 e. The van der Waals surface area contributed by atoms with E-state index in [0.717, 1.165) is 42.9 Å². The van der Waals surface area contributed by atoms with Gasteiger partial charge in [-0.05, 0) is 19.8 Å². The molecule has 9 heteroatoms. The van der Waals surface area contributed by atoms with E-state index in [9.17, 15) is 0 Å². The molecule has 1 atom stereocenters. The standard InChI is InChI=1S/C14H22N8O/c1-3-4-5-10-9(2)16-14(15)17-13(10)22-6-7-23-11(8-22)12-18-20-21-19-12/h11H,3-8H2,1-2H3,(H2,15,16,17)(H,18,19,20,21). The normalized spacial score (nSPS) is 18.3. The highest BCUT2D eigenvalue weighted by Crippen LogP contribution is 2.28. The first-order valence-corrected chi connectivity index (χ1v) is 7.92. The number of ether oxygens (including phenoxy) is 1. The minimum atomic E-state index is -0.224. The summed E-state index contributed by atoms with van der Waals surface area (Å²) < 4.78 is 5.75. The molecule has 0 aliphatic carbocycles. The molecule has 1 aliphatic heterocycles. The van der Waals surface area contributed by atoms with Crippen molar-refractivity contribution in [2.45, 2.75) is 39.2 Å². The maximum atomic E-state index is 5.87. The van der Waals surface area contributed by atoms with Crippen molar-refractivity contribution in [3.8, 4) is 0 Å². The monoisotopic (exact) mass is 318 g/mol. The Morgan fingerprint density at radius 1 is 1.39 bits per heavy atom. The number of nitrogen functional groups attached to an aromatic ring is 1. The number of hydrogen-bond donors (Lipinski definition) is 2. The van der Waals surface area contributed by atoms with Crippen LogP contribution in [0.4, 0.5) is 11.8 Å². The molecule has 0 aromatic carbocycles. The zero-order valence-electron chi connectivity index (χ0n) is 13.5. The molecule has 0 bridgehead atoms. The third kappa shape index (κ3) is 3.39. The van der Waals surface area contributed by atoms with Gasteiger partial charge in [0, 0.05) is 17.8 Å². The molecule has 124 valence electrons. The van der Waals surface area contributed by atoms with Crippen LogP contribution in [0.2, 0.25) is 0 Å². The lowest BCUT2D eigenvalue weighted by Gasteiger charge is -2.33. The number of morpholine rings is 1. The maximum Gasteiger partial charge on any atom is 0.222 e. The van der Waals surface area contributed by atoms with Crippen molar-refractivity contribution in [2.24, 2.45) is 0 Å². The van der Waals surface area contributed by atoms with Gasteiger partial charge in [0.25, 0.3) is 0 Å². The number of anilines is 2. The number of nitrogens with two attached hydrogens (primary N) is 1. The Hall–Kier alpha value is -2.29. The Morgan fingerprint density at radius 2 is 2.26 bits per heavy atom. The number of unbranched alkanes of at least 4 members (excludes halogenated alkanes) is 1. The minimum Gasteiger partial charge on any atom is -0.368 e. The number of H-pyrrole nitrogens is 1. The summed E-state index contributed by atoms with van der Waals surface area (Å²) in [4.78, 5) is 11.0. The summed E-state index contributed by atoms with van der Waals surface area (Å²) in [6.07, 6.45) is 2.94. The summed E-state index contributed by atoms with van der Waals surface area (Å²) in [6.45, 7) is 6.12. The van der Waals surface area contributed by atoms with Crippen LogP contribution in [0.15, 0.2) is 0 Å². The molecule has 0 radical (unpaired) electrons. The van der Waals surface area contributed by atoms with Crippen LogP contribution >= 0.6 is 0 Å². The number of nitrogens with zero attached hydrogens (tertiary/aromatic N) is 6. The van der Waals surface area contributed by atoms with Crippen LogP contribution in [0, 0.1) is 6.92 Å². The van der Waals surface area contributed by atoms with Crippen LogP contribution in [0.1, 0.15) is 43.0 Å². The van der Waals surface area contributed by atoms with Crippen molar-refractivity contribution >= 4 is 11.8 Å². The number of nitrogens with one attached hydrogen (secondary N) is 1. The second kappa shape index (κ2) is 6.86. The van der Waals surface area contributed by atoms with Crippen molar-refractivity contribution in [1.29, 1.82) is 0 Å². The first-order valence-electron chi connectivity index (χ1n) is 7.92. The zero-order chi connectivity index (χ0) is 16.2. The SMILES string of the molecule is CCCCc1c(C)nc(N)nc1N1CCOC(c2nn[nH]n2)C1. The molecule has 3 N–H and O–H groups in total. The lowest BCUT2D eigenvalue weighted by atomic mass is 10.1. The third-order valence-corrected chi connectivity index (χ3v) is 4.01. The number of aromatic amines is 1. The van der Waals surface area contributed by atoms with Crippen LogP contribution in [0.3, 0.4) is 0 Å². The molecule has 1 fully saturated rings. The molecule has 3 heterocycles. The third-order valence-electron chi connectivity index (χ3n) is 4.01. The lowest BCUT2D eigenvalue weighted by molar-refractivity contribution is 0.0337. The largest absolute Gasteiger partial charge is 0.368 e. The van der Waals surface area contributed by atoms with Crippen molar-refractivity contribution in [3.63, 3.8) is 0 Å². The topological polar surface area (TPSA) is 119 Å². The predicted molar refractivity (Wildman–Crippen MR) is 84.9 cm³/mol. The first kappa shape index (κ1) is 15.6. The fourth-order valence-electron chi connectivity index (χ4n) is 2.81. The van der Waals surface area contributed by atoms with E-state index in [1.165, 1.54) is 0 Å². The predicted octanol–water partition coefficient (Wildman–Crippen LogP) is 0.801. The lowest BCUT2D eigenvalue weighted by Crippen LogP contribution is -2.40. The van der Waals surface area contributed by atoms with Crippen LogP contribution < -0.4 is 10.6 Å². The number of aromatic nitrogens is 6. The van der Waals surface area contributed by atoms with Gasteiger partial charge in [-0.3, -0.25) is 0 Å². The van der Waals surface area contributed by atoms with E-state index in [1.807, 2.05) is 6.92 Å². The zero-order valence-corrected chi connectivity index (χ0v) is 13.5. The molecule has 2 aromatic rings. The average molecular weight is 318 g/mol. The highest BCUT2D eigenvalue weighted by atomic mass is 16.5. The highest BCUT2D eigenvalue weighted by molar-refractivity contribution is 5.52. The summed E-state index contributed by atoms with van der Waals surface area (Å²) in [5.41, 5.74) is 7.98. The van der Waals surface area contributed by atoms with Crippen LogP contribution in [0.25, 0.3) is 0 Å². The van der Waals surface area contributed by atoms with Crippen molar-refractivity contribution in [2.75, 3.05) is 30.3 Å². The Labute approximate surface area is 134 Å². The van der Waals surface area contributed by atoms with Gasteiger partial charge in [-0.1, -0.05) is 18.6 Å². The van der Waals surface area contributed by atoms with Gasteiger partial charge in [0.15, 0.2) is 0 Å². The van der Waals surface area contributed by atoms with E-state index >= 15 is 0 Å². The van der Waals surface area contributed by atoms with Crippen molar-refractivity contribution in [3.05, 3.63) is 17.1 Å². The van der Waals surface area contributed by atoms with Crippen LogP contribution in [-0.4, -0.2) is 50.3 Å². The summed E-state index contributed by atoms with van der Waals surface area (Å²) >= 11 is 0. The molecular formula is C14H22N8O. The fourth-order valence-corrected chi connectivity index (χ4v) is 2.81. The molecule has 2 aromatic heterocycles. The first-order chi connectivity index (χ1) is 11.2. The number of rotatable bonds is 5. The molecule has 0 saturated carbocycles. The van der Waals surface area contributed by atoms with Crippen LogP contribution in [0.5, 0.6) is 0 Å². The molecule has 9 nitrogen and oxygen atoms in total. The highest BCUT2D eigenvalue weighted by Gasteiger charge is 2.28. The summed E-state index contributed by atoms with van der Waals surface area (Å²) in [5, 5.41) is 14.1. The van der Waals surface area contributed by atoms with E-state index in [-0.39, 0.29) is 6.10 Å². The molecule has 1 aliphatic rings. The quantitative estimate of drug-likeness (QED) is 0.831. The molecule has 1 unspecified atom stereocenters. The Bertz CT molecular complexity index is 644. The van der Waals surface area contributed by atoms with Gasteiger partial charge < -0.3 is 15.4 Å². The second-order valence-corrected chi connectivity index (χ2v) is 5.65. The maximum absolute atomic E-state index is 5.87. The number of tetrazole rings is 1. The van der Waals surface area contributed by atoms with Gasteiger partial charge in [-0.25, -0.2) is 4.98 Å². The van der Waals surface area contributed by atoms with Gasteiger partial charge in [-0.15, -0.1) is 10.2 Å². The molecular weight excluding hydrogens is 296 g/mol. The number of hydrogen-bond acceptors (Lipinski definition) is 8. The molecule has 0 spiro atoms. The van der Waals surface area contributed by atoms with E-state index in [4.69, 9.17) is 10.5 Å². The molecule has 3 rings (SSSR count). The second-order valence-electron chi connectivity index (χ2n) is 5.65. The summed E-state index contributed by atoms with van der Waals surface area (Å²) in [7, 11) is 0. The Balaban J connectivity index is 1.87. The molecule has 23 heavy (non-hydrogen) atoms. The van der Waals surface area contributed by atoms with E-state index in [2.05, 4.69) is 42.4 Å². The Morgan fingerprint density at radius 3 is 3.00 bits per heavy atom. The minimum absolute atomic E-state index is 0.224. The van der Waals surface area contributed by atoms with Gasteiger partial charge in [-0.2, -0.15) is 10.2 Å². The van der Waals surface area contributed by atoms with Gasteiger partial charge >= 0.3 is 0 Å². The summed E-state index contributed by atoms with van der Waals surface area (Å²) in [6, 6.07) is 0. The number of aryl methyl sites for hydroxylation is 1. The Kier molecular flexibility index (Phi) is 4.65.